The van der Waals surface area contributed by atoms with Crippen LogP contribution in [0.15, 0.2) is 73.1 Å². The minimum atomic E-state index is -0.327. The Morgan fingerprint density at radius 2 is 1.50 bits per heavy atom. The van der Waals surface area contributed by atoms with E-state index >= 15 is 0 Å². The molecule has 24 heavy (non-hydrogen) atoms. The molecule has 3 rings (SSSR count). The van der Waals surface area contributed by atoms with Gasteiger partial charge in [-0.1, -0.05) is 60.7 Å². The second-order valence-corrected chi connectivity index (χ2v) is 5.93. The fourth-order valence-electron chi connectivity index (χ4n) is 2.83. The molecular formula is C20H21N3O. The zero-order chi connectivity index (χ0) is 16.9. The number of hydrogen-bond donors (Lipinski definition) is 1. The van der Waals surface area contributed by atoms with Gasteiger partial charge in [-0.25, -0.2) is 0 Å². The zero-order valence-electron chi connectivity index (χ0n) is 13.9. The molecule has 0 aliphatic carbocycles. The molecule has 0 saturated heterocycles. The largest absolute Gasteiger partial charge is 0.349 e. The number of nitrogens with one attached hydrogen (secondary N) is 1. The standard InChI is InChI=1S/C20H21N3O/c1-15(18-13-21-23(2)14-18)22-20(24)19(16-9-5-3-6-10-16)17-11-7-4-8-12-17/h3-15,19H,1-2H3,(H,22,24). The van der Waals surface area contributed by atoms with E-state index in [-0.39, 0.29) is 17.9 Å². The van der Waals surface area contributed by atoms with Gasteiger partial charge < -0.3 is 5.32 Å². The van der Waals surface area contributed by atoms with Crippen LogP contribution < -0.4 is 5.32 Å². The molecule has 4 heteroatoms. The summed E-state index contributed by atoms with van der Waals surface area (Å²) in [6.45, 7) is 1.97. The van der Waals surface area contributed by atoms with Crippen molar-refractivity contribution in [3.8, 4) is 0 Å². The van der Waals surface area contributed by atoms with Crippen LogP contribution in [-0.4, -0.2) is 15.7 Å². The highest BCUT2D eigenvalue weighted by Gasteiger charge is 2.24. The number of benzene rings is 2. The molecule has 0 aliphatic rings. The summed E-state index contributed by atoms with van der Waals surface area (Å²) in [5.41, 5.74) is 2.96. The van der Waals surface area contributed by atoms with Gasteiger partial charge in [-0.15, -0.1) is 0 Å². The first kappa shape index (κ1) is 16.0. The Balaban J connectivity index is 1.87. The molecule has 0 saturated carbocycles. The molecule has 2 aromatic carbocycles. The van der Waals surface area contributed by atoms with E-state index in [2.05, 4.69) is 10.4 Å². The van der Waals surface area contributed by atoms with Crippen molar-refractivity contribution in [2.24, 2.45) is 7.05 Å². The van der Waals surface area contributed by atoms with Gasteiger partial charge in [0.1, 0.15) is 0 Å². The Morgan fingerprint density at radius 1 is 0.958 bits per heavy atom. The lowest BCUT2D eigenvalue weighted by Gasteiger charge is -2.20. The van der Waals surface area contributed by atoms with Crippen molar-refractivity contribution in [3.05, 3.63) is 89.7 Å². The summed E-state index contributed by atoms with van der Waals surface area (Å²) in [6.07, 6.45) is 3.70. The lowest BCUT2D eigenvalue weighted by Crippen LogP contribution is -2.32. The first-order chi connectivity index (χ1) is 11.6. The highest BCUT2D eigenvalue weighted by molar-refractivity contribution is 5.87. The number of nitrogens with zero attached hydrogens (tertiary/aromatic N) is 2. The highest BCUT2D eigenvalue weighted by Crippen LogP contribution is 2.26. The predicted molar refractivity (Wildman–Crippen MR) is 94.5 cm³/mol. The number of aryl methyl sites for hydroxylation is 1. The lowest BCUT2D eigenvalue weighted by molar-refractivity contribution is -0.122. The van der Waals surface area contributed by atoms with Gasteiger partial charge in [-0.3, -0.25) is 9.48 Å². The van der Waals surface area contributed by atoms with Gasteiger partial charge in [0.15, 0.2) is 0 Å². The Bertz CT molecular complexity index is 757. The Labute approximate surface area is 142 Å². The second kappa shape index (κ2) is 7.13. The third-order valence-corrected chi connectivity index (χ3v) is 4.11. The molecule has 0 radical (unpaired) electrons. The van der Waals surface area contributed by atoms with E-state index < -0.39 is 0 Å². The number of amides is 1. The van der Waals surface area contributed by atoms with Crippen LogP contribution in [0, 0.1) is 0 Å². The van der Waals surface area contributed by atoms with E-state index in [9.17, 15) is 4.79 Å². The van der Waals surface area contributed by atoms with E-state index in [1.807, 2.05) is 80.8 Å². The summed E-state index contributed by atoms with van der Waals surface area (Å²) in [7, 11) is 1.87. The van der Waals surface area contributed by atoms with Crippen LogP contribution >= 0.6 is 0 Å². The minimum Gasteiger partial charge on any atom is -0.349 e. The number of rotatable bonds is 5. The summed E-state index contributed by atoms with van der Waals surface area (Å²) in [5, 5.41) is 7.29. The predicted octanol–water partition coefficient (Wildman–Crippen LogP) is 3.43. The quantitative estimate of drug-likeness (QED) is 0.783. The summed E-state index contributed by atoms with van der Waals surface area (Å²) < 4.78 is 1.74. The smallest absolute Gasteiger partial charge is 0.232 e. The second-order valence-electron chi connectivity index (χ2n) is 5.93. The molecule has 0 bridgehead atoms. The van der Waals surface area contributed by atoms with E-state index in [4.69, 9.17) is 0 Å². The average molecular weight is 319 g/mol. The minimum absolute atomic E-state index is 0.0104. The third-order valence-electron chi connectivity index (χ3n) is 4.11. The van der Waals surface area contributed by atoms with Crippen LogP contribution in [0.3, 0.4) is 0 Å². The number of carbonyl (C=O) groups is 1. The molecule has 3 aromatic rings. The van der Waals surface area contributed by atoms with Gasteiger partial charge in [0, 0.05) is 18.8 Å². The van der Waals surface area contributed by atoms with Crippen molar-refractivity contribution in [2.45, 2.75) is 18.9 Å². The van der Waals surface area contributed by atoms with Gasteiger partial charge in [0.2, 0.25) is 5.91 Å². The van der Waals surface area contributed by atoms with Crippen molar-refractivity contribution >= 4 is 5.91 Å². The maximum Gasteiger partial charge on any atom is 0.232 e. The molecule has 1 aromatic heterocycles. The molecule has 1 heterocycles. The first-order valence-corrected chi connectivity index (χ1v) is 8.04. The summed E-state index contributed by atoms with van der Waals surface area (Å²) in [5.74, 6) is -0.338. The lowest BCUT2D eigenvalue weighted by atomic mass is 9.90. The first-order valence-electron chi connectivity index (χ1n) is 8.04. The monoisotopic (exact) mass is 319 g/mol. The highest BCUT2D eigenvalue weighted by atomic mass is 16.1. The molecule has 122 valence electrons. The van der Waals surface area contributed by atoms with Crippen LogP contribution in [0.25, 0.3) is 0 Å². The Kier molecular flexibility index (Phi) is 4.75. The van der Waals surface area contributed by atoms with E-state index in [1.54, 1.807) is 10.9 Å². The Morgan fingerprint density at radius 3 is 1.96 bits per heavy atom. The zero-order valence-corrected chi connectivity index (χ0v) is 13.9. The van der Waals surface area contributed by atoms with Crippen molar-refractivity contribution in [1.82, 2.24) is 15.1 Å². The number of carbonyl (C=O) groups excluding carboxylic acids is 1. The third kappa shape index (κ3) is 3.54. The van der Waals surface area contributed by atoms with Crippen molar-refractivity contribution < 1.29 is 4.79 Å². The fourth-order valence-corrected chi connectivity index (χ4v) is 2.83. The molecule has 1 N–H and O–H groups in total. The van der Waals surface area contributed by atoms with Gasteiger partial charge in [0.25, 0.3) is 0 Å². The molecule has 1 atom stereocenters. The normalized spacial score (nSPS) is 12.1. The maximum absolute atomic E-state index is 13.0. The van der Waals surface area contributed by atoms with Gasteiger partial charge >= 0.3 is 0 Å². The maximum atomic E-state index is 13.0. The fraction of sp³-hybridized carbons (Fsp3) is 0.200. The molecule has 0 fully saturated rings. The van der Waals surface area contributed by atoms with Crippen LogP contribution in [0.5, 0.6) is 0 Å². The van der Waals surface area contributed by atoms with Crippen LogP contribution in [0.1, 0.15) is 35.6 Å². The van der Waals surface area contributed by atoms with Crippen LogP contribution in [0.2, 0.25) is 0 Å². The average Bonchev–Trinajstić information content (AvgIpc) is 3.04. The summed E-state index contributed by atoms with van der Waals surface area (Å²) in [4.78, 5) is 13.0. The molecule has 0 spiro atoms. The van der Waals surface area contributed by atoms with Crippen molar-refractivity contribution in [3.63, 3.8) is 0 Å². The molecule has 0 aliphatic heterocycles. The number of hydrogen-bond acceptors (Lipinski definition) is 2. The van der Waals surface area contributed by atoms with Crippen LogP contribution in [0.4, 0.5) is 0 Å². The number of aromatic nitrogens is 2. The summed E-state index contributed by atoms with van der Waals surface area (Å²) >= 11 is 0. The van der Waals surface area contributed by atoms with E-state index in [1.165, 1.54) is 0 Å². The molecule has 1 unspecified atom stereocenters. The summed E-state index contributed by atoms with van der Waals surface area (Å²) in [6, 6.07) is 19.6. The topological polar surface area (TPSA) is 46.9 Å². The van der Waals surface area contributed by atoms with E-state index in [0.29, 0.717) is 0 Å². The SMILES string of the molecule is CC(NC(=O)C(c1ccccc1)c1ccccc1)c1cnn(C)c1. The van der Waals surface area contributed by atoms with Gasteiger partial charge in [-0.05, 0) is 18.1 Å². The Hall–Kier alpha value is -2.88. The van der Waals surface area contributed by atoms with Crippen LogP contribution in [-0.2, 0) is 11.8 Å². The van der Waals surface area contributed by atoms with Gasteiger partial charge in [0.05, 0.1) is 18.2 Å². The molecule has 1 amide bonds. The molecular weight excluding hydrogens is 298 g/mol. The van der Waals surface area contributed by atoms with Crippen molar-refractivity contribution in [2.75, 3.05) is 0 Å². The van der Waals surface area contributed by atoms with E-state index in [0.717, 1.165) is 16.7 Å². The molecule has 4 nitrogen and oxygen atoms in total. The van der Waals surface area contributed by atoms with Gasteiger partial charge in [-0.2, -0.15) is 5.10 Å². The van der Waals surface area contributed by atoms with Crippen molar-refractivity contribution in [1.29, 1.82) is 0 Å².